The van der Waals surface area contributed by atoms with Crippen LogP contribution in [0.2, 0.25) is 0 Å². The van der Waals surface area contributed by atoms with Crippen LogP contribution >= 0.6 is 11.3 Å². The second kappa shape index (κ2) is 4.45. The fraction of sp³-hybridized carbons (Fsp3) is 0.375. The third kappa shape index (κ3) is 2.47. The Balaban J connectivity index is 1.97. The van der Waals surface area contributed by atoms with E-state index in [9.17, 15) is 4.79 Å². The Morgan fingerprint density at radius 3 is 3.06 bits per heavy atom. The van der Waals surface area contributed by atoms with Crippen molar-refractivity contribution in [1.82, 2.24) is 15.2 Å². The first-order chi connectivity index (χ1) is 7.65. The number of hydrogen-bond acceptors (Lipinski definition) is 7. The highest BCUT2D eigenvalue weighted by molar-refractivity contribution is 7.07. The quantitative estimate of drug-likeness (QED) is 0.717. The third-order valence-electron chi connectivity index (χ3n) is 1.83. The maximum Gasteiger partial charge on any atom is 0.315 e. The van der Waals surface area contributed by atoms with Crippen molar-refractivity contribution in [2.24, 2.45) is 5.73 Å². The smallest absolute Gasteiger partial charge is 0.315 e. The number of nitrogens with two attached hydrogens (primary N) is 1. The van der Waals surface area contributed by atoms with E-state index in [0.717, 1.165) is 17.0 Å². The van der Waals surface area contributed by atoms with Crippen LogP contribution in [0.25, 0.3) is 0 Å². The largest absolute Gasteiger partial charge is 0.406 e. The van der Waals surface area contributed by atoms with Gasteiger partial charge < -0.3 is 20.5 Å². The summed E-state index contributed by atoms with van der Waals surface area (Å²) in [6, 6.07) is 0.00311. The van der Waals surface area contributed by atoms with Crippen LogP contribution in [0.4, 0.5) is 6.01 Å². The number of nitrogens with one attached hydrogen (secondary N) is 2. The summed E-state index contributed by atoms with van der Waals surface area (Å²) in [5, 5.41) is 12.1. The molecule has 2 rings (SSSR count). The maximum atomic E-state index is 10.9. The number of nitrogens with zero attached hydrogens (tertiary/aromatic N) is 2. The van der Waals surface area contributed by atoms with Crippen LogP contribution in [0.3, 0.4) is 0 Å². The van der Waals surface area contributed by atoms with Gasteiger partial charge in [-0.3, -0.25) is 4.79 Å². The first-order valence-corrected chi connectivity index (χ1v) is 5.52. The van der Waals surface area contributed by atoms with E-state index in [1.165, 1.54) is 0 Å². The Morgan fingerprint density at radius 2 is 2.50 bits per heavy atom. The van der Waals surface area contributed by atoms with Crippen molar-refractivity contribution in [3.63, 3.8) is 0 Å². The van der Waals surface area contributed by atoms with E-state index in [1.807, 2.05) is 0 Å². The molecule has 4 N–H and O–H groups in total. The van der Waals surface area contributed by atoms with Crippen molar-refractivity contribution >= 4 is 17.4 Å². The number of thiazole rings is 1. The lowest BCUT2D eigenvalue weighted by atomic mass is 10.4. The van der Waals surface area contributed by atoms with Crippen LogP contribution in [0.5, 0.6) is 0 Å². The standard InChI is InChI=1S/C8H11N5O2S/c1-4(9)6-12-13-7(15-6)10-2-5-3-16-8(14)11-5/h3-4H,2,9H2,1H3,(H,10,13)(H,11,14). The molecular weight excluding hydrogens is 230 g/mol. The average Bonchev–Trinajstić information content (AvgIpc) is 2.83. The Bertz CT molecular complexity index is 514. The molecule has 0 bridgehead atoms. The number of rotatable bonds is 4. The van der Waals surface area contributed by atoms with Crippen LogP contribution in [-0.4, -0.2) is 15.2 Å². The molecule has 1 unspecified atom stereocenters. The molecule has 86 valence electrons. The topological polar surface area (TPSA) is 110 Å². The zero-order valence-corrected chi connectivity index (χ0v) is 9.37. The Hall–Kier alpha value is -1.67. The molecule has 7 nitrogen and oxygen atoms in total. The Kier molecular flexibility index (Phi) is 3.02. The monoisotopic (exact) mass is 241 g/mol. The highest BCUT2D eigenvalue weighted by Gasteiger charge is 2.09. The average molecular weight is 241 g/mol. The van der Waals surface area contributed by atoms with Gasteiger partial charge in [0.05, 0.1) is 12.6 Å². The molecule has 2 aromatic heterocycles. The first kappa shape index (κ1) is 10.8. The first-order valence-electron chi connectivity index (χ1n) is 4.64. The minimum absolute atomic E-state index is 0.0846. The van der Waals surface area contributed by atoms with E-state index in [1.54, 1.807) is 12.3 Å². The number of hydrogen-bond donors (Lipinski definition) is 3. The zero-order valence-electron chi connectivity index (χ0n) is 8.56. The molecule has 0 amide bonds. The molecular formula is C8H11N5O2S. The van der Waals surface area contributed by atoms with E-state index < -0.39 is 0 Å². The minimum atomic E-state index is -0.288. The van der Waals surface area contributed by atoms with Gasteiger partial charge in [-0.05, 0) is 6.92 Å². The molecule has 0 radical (unpaired) electrons. The summed E-state index contributed by atoms with van der Waals surface area (Å²) in [5.74, 6) is 0.376. The van der Waals surface area contributed by atoms with Crippen LogP contribution in [0.1, 0.15) is 24.6 Å². The summed E-state index contributed by atoms with van der Waals surface area (Å²) in [6.07, 6.45) is 0. The normalized spacial score (nSPS) is 12.6. The molecule has 0 aliphatic heterocycles. The molecule has 0 aromatic carbocycles. The number of H-pyrrole nitrogens is 1. The Morgan fingerprint density at radius 1 is 1.69 bits per heavy atom. The van der Waals surface area contributed by atoms with Gasteiger partial charge >= 0.3 is 10.9 Å². The zero-order chi connectivity index (χ0) is 11.5. The van der Waals surface area contributed by atoms with Gasteiger partial charge in [0.2, 0.25) is 5.89 Å². The van der Waals surface area contributed by atoms with Gasteiger partial charge in [0.25, 0.3) is 0 Å². The second-order valence-electron chi connectivity index (χ2n) is 3.26. The highest BCUT2D eigenvalue weighted by Crippen LogP contribution is 2.11. The molecule has 1 atom stereocenters. The van der Waals surface area contributed by atoms with Gasteiger partial charge in [-0.15, -0.1) is 5.10 Å². The van der Waals surface area contributed by atoms with Gasteiger partial charge in [-0.25, -0.2) is 0 Å². The molecule has 8 heteroatoms. The fourth-order valence-corrected chi connectivity index (χ4v) is 1.64. The third-order valence-corrected chi connectivity index (χ3v) is 2.55. The molecule has 2 heterocycles. The van der Waals surface area contributed by atoms with Crippen molar-refractivity contribution in [3.8, 4) is 0 Å². The summed E-state index contributed by atoms with van der Waals surface area (Å²) in [4.78, 5) is 13.4. The highest BCUT2D eigenvalue weighted by atomic mass is 32.1. The lowest BCUT2D eigenvalue weighted by Crippen LogP contribution is -2.05. The molecule has 16 heavy (non-hydrogen) atoms. The maximum absolute atomic E-state index is 10.9. The second-order valence-corrected chi connectivity index (χ2v) is 4.10. The van der Waals surface area contributed by atoms with Crippen molar-refractivity contribution in [1.29, 1.82) is 0 Å². The predicted octanol–water partition coefficient (Wildman–Crippen LogP) is 0.451. The van der Waals surface area contributed by atoms with Crippen LogP contribution in [-0.2, 0) is 6.54 Å². The molecule has 0 fully saturated rings. The van der Waals surface area contributed by atoms with Gasteiger partial charge in [-0.2, -0.15) is 0 Å². The number of aromatic nitrogens is 3. The van der Waals surface area contributed by atoms with E-state index in [0.29, 0.717) is 18.5 Å². The summed E-state index contributed by atoms with van der Waals surface area (Å²) in [6.45, 7) is 2.19. The molecule has 2 aromatic rings. The predicted molar refractivity (Wildman–Crippen MR) is 59.2 cm³/mol. The number of anilines is 1. The lowest BCUT2D eigenvalue weighted by Gasteiger charge is -1.98. The van der Waals surface area contributed by atoms with Crippen LogP contribution < -0.4 is 15.9 Å². The summed E-state index contributed by atoms with van der Waals surface area (Å²) >= 11 is 1.11. The van der Waals surface area contributed by atoms with E-state index in [4.69, 9.17) is 10.2 Å². The van der Waals surface area contributed by atoms with Crippen molar-refractivity contribution in [2.45, 2.75) is 19.5 Å². The lowest BCUT2D eigenvalue weighted by molar-refractivity contribution is 0.472. The van der Waals surface area contributed by atoms with Crippen molar-refractivity contribution in [3.05, 3.63) is 26.6 Å². The molecule has 0 spiro atoms. The fourth-order valence-electron chi connectivity index (χ4n) is 1.06. The molecule has 0 saturated heterocycles. The molecule has 0 aliphatic carbocycles. The van der Waals surface area contributed by atoms with Crippen LogP contribution in [0, 0.1) is 0 Å². The number of aromatic amines is 1. The van der Waals surface area contributed by atoms with E-state index >= 15 is 0 Å². The van der Waals surface area contributed by atoms with E-state index in [2.05, 4.69) is 20.5 Å². The molecule has 0 aliphatic rings. The van der Waals surface area contributed by atoms with Crippen molar-refractivity contribution < 1.29 is 4.42 Å². The van der Waals surface area contributed by atoms with Gasteiger partial charge in [-0.1, -0.05) is 16.4 Å². The van der Waals surface area contributed by atoms with Gasteiger partial charge in [0.1, 0.15) is 0 Å². The van der Waals surface area contributed by atoms with E-state index in [-0.39, 0.29) is 10.9 Å². The van der Waals surface area contributed by atoms with Crippen molar-refractivity contribution in [2.75, 3.05) is 5.32 Å². The van der Waals surface area contributed by atoms with Gasteiger partial charge in [0.15, 0.2) is 0 Å². The minimum Gasteiger partial charge on any atom is -0.406 e. The summed E-state index contributed by atoms with van der Waals surface area (Å²) < 4.78 is 5.23. The summed E-state index contributed by atoms with van der Waals surface area (Å²) in [5.41, 5.74) is 6.34. The van der Waals surface area contributed by atoms with Crippen LogP contribution in [0.15, 0.2) is 14.6 Å². The summed E-state index contributed by atoms with van der Waals surface area (Å²) in [7, 11) is 0. The van der Waals surface area contributed by atoms with Gasteiger partial charge in [0, 0.05) is 11.1 Å². The molecule has 0 saturated carbocycles. The SMILES string of the molecule is CC(N)c1nnc(NCc2csc(=O)[nH]2)o1. The Labute approximate surface area is 94.7 Å².